The molecular weight excluding hydrogens is 158 g/mol. The Morgan fingerprint density at radius 2 is 2.08 bits per heavy atom. The minimum Gasteiger partial charge on any atom is -0.314 e. The van der Waals surface area contributed by atoms with Crippen LogP contribution in [0.5, 0.6) is 0 Å². The highest BCUT2D eigenvalue weighted by Crippen LogP contribution is 2.43. The summed E-state index contributed by atoms with van der Waals surface area (Å²) in [6.45, 7) is 1.29. The lowest BCUT2D eigenvalue weighted by atomic mass is 9.90. The SMILES string of the molecule is C1=C[C@@H]2C[C@H]1C[C@H]2CNC1CCC1. The van der Waals surface area contributed by atoms with Crippen LogP contribution >= 0.6 is 0 Å². The van der Waals surface area contributed by atoms with E-state index in [0.717, 1.165) is 23.8 Å². The second kappa shape index (κ2) is 3.13. The van der Waals surface area contributed by atoms with Crippen molar-refractivity contribution in [2.75, 3.05) is 6.54 Å². The van der Waals surface area contributed by atoms with E-state index < -0.39 is 0 Å². The van der Waals surface area contributed by atoms with Crippen LogP contribution in [0.25, 0.3) is 0 Å². The lowest BCUT2D eigenvalue weighted by Crippen LogP contribution is -2.38. The van der Waals surface area contributed by atoms with E-state index in [-0.39, 0.29) is 0 Å². The number of fused-ring (bicyclic) bond motifs is 2. The Hall–Kier alpha value is -0.300. The molecule has 0 saturated heterocycles. The van der Waals surface area contributed by atoms with Crippen molar-refractivity contribution in [1.82, 2.24) is 5.32 Å². The summed E-state index contributed by atoms with van der Waals surface area (Å²) >= 11 is 0. The van der Waals surface area contributed by atoms with Crippen LogP contribution in [0.15, 0.2) is 12.2 Å². The van der Waals surface area contributed by atoms with Crippen LogP contribution in [0.1, 0.15) is 32.1 Å². The first-order chi connectivity index (χ1) is 6.42. The van der Waals surface area contributed by atoms with Gasteiger partial charge in [0.1, 0.15) is 0 Å². The highest BCUT2D eigenvalue weighted by molar-refractivity contribution is 5.10. The average molecular weight is 177 g/mol. The van der Waals surface area contributed by atoms with Crippen molar-refractivity contribution in [3.8, 4) is 0 Å². The van der Waals surface area contributed by atoms with Crippen molar-refractivity contribution < 1.29 is 0 Å². The van der Waals surface area contributed by atoms with Gasteiger partial charge in [0, 0.05) is 6.04 Å². The monoisotopic (exact) mass is 177 g/mol. The third-order valence-corrected chi connectivity index (χ3v) is 4.19. The Kier molecular flexibility index (Phi) is 1.93. The first-order valence-electron chi connectivity index (χ1n) is 5.83. The minimum absolute atomic E-state index is 0.878. The molecule has 2 fully saturated rings. The van der Waals surface area contributed by atoms with Gasteiger partial charge in [0.25, 0.3) is 0 Å². The van der Waals surface area contributed by atoms with Crippen molar-refractivity contribution in [3.63, 3.8) is 0 Å². The second-order valence-electron chi connectivity index (χ2n) is 5.08. The molecular formula is C12H19N. The van der Waals surface area contributed by atoms with Crippen LogP contribution in [0.4, 0.5) is 0 Å². The smallest absolute Gasteiger partial charge is 0.00672 e. The summed E-state index contributed by atoms with van der Waals surface area (Å²) in [7, 11) is 0. The van der Waals surface area contributed by atoms with Crippen LogP contribution in [-0.4, -0.2) is 12.6 Å². The molecule has 0 aromatic rings. The average Bonchev–Trinajstić information content (AvgIpc) is 2.61. The fraction of sp³-hybridized carbons (Fsp3) is 0.833. The summed E-state index contributed by atoms with van der Waals surface area (Å²) in [5, 5.41) is 3.71. The maximum Gasteiger partial charge on any atom is 0.00672 e. The number of hydrogen-bond acceptors (Lipinski definition) is 1. The number of rotatable bonds is 3. The first-order valence-corrected chi connectivity index (χ1v) is 5.83. The third-order valence-electron chi connectivity index (χ3n) is 4.19. The van der Waals surface area contributed by atoms with Gasteiger partial charge < -0.3 is 5.32 Å². The molecule has 1 nitrogen and oxygen atoms in total. The summed E-state index contributed by atoms with van der Waals surface area (Å²) in [5.74, 6) is 2.84. The van der Waals surface area contributed by atoms with Crippen LogP contribution in [0, 0.1) is 17.8 Å². The molecule has 72 valence electrons. The molecule has 13 heavy (non-hydrogen) atoms. The molecule has 1 N–H and O–H groups in total. The van der Waals surface area contributed by atoms with Gasteiger partial charge in [-0.25, -0.2) is 0 Å². The van der Waals surface area contributed by atoms with Gasteiger partial charge in [-0.15, -0.1) is 0 Å². The van der Waals surface area contributed by atoms with E-state index in [4.69, 9.17) is 0 Å². The number of hydrogen-bond donors (Lipinski definition) is 1. The van der Waals surface area contributed by atoms with Gasteiger partial charge in [0.2, 0.25) is 0 Å². The lowest BCUT2D eigenvalue weighted by molar-refractivity contribution is 0.301. The maximum atomic E-state index is 3.71. The van der Waals surface area contributed by atoms with E-state index in [1.165, 1.54) is 38.6 Å². The van der Waals surface area contributed by atoms with Crippen LogP contribution in [0.3, 0.4) is 0 Å². The molecule has 0 heterocycles. The van der Waals surface area contributed by atoms with Gasteiger partial charge in [-0.05, 0) is 50.0 Å². The topological polar surface area (TPSA) is 12.0 Å². The van der Waals surface area contributed by atoms with Gasteiger partial charge in [-0.2, -0.15) is 0 Å². The largest absolute Gasteiger partial charge is 0.314 e. The molecule has 3 rings (SSSR count). The van der Waals surface area contributed by atoms with Gasteiger partial charge in [-0.1, -0.05) is 18.6 Å². The molecule has 0 aromatic carbocycles. The van der Waals surface area contributed by atoms with Gasteiger partial charge in [0.15, 0.2) is 0 Å². The third kappa shape index (κ3) is 1.43. The molecule has 0 spiro atoms. The quantitative estimate of drug-likeness (QED) is 0.652. The molecule has 3 aliphatic rings. The zero-order valence-electron chi connectivity index (χ0n) is 8.21. The molecule has 2 bridgehead atoms. The van der Waals surface area contributed by atoms with Gasteiger partial charge >= 0.3 is 0 Å². The molecule has 3 atom stereocenters. The molecule has 0 aliphatic heterocycles. The van der Waals surface area contributed by atoms with E-state index in [2.05, 4.69) is 17.5 Å². The van der Waals surface area contributed by atoms with Gasteiger partial charge in [0.05, 0.1) is 0 Å². The Bertz CT molecular complexity index is 217. The summed E-state index contributed by atoms with van der Waals surface area (Å²) in [5.41, 5.74) is 0. The molecule has 0 amide bonds. The van der Waals surface area contributed by atoms with Crippen LogP contribution < -0.4 is 5.32 Å². The lowest BCUT2D eigenvalue weighted by Gasteiger charge is -2.29. The molecule has 0 unspecified atom stereocenters. The van der Waals surface area contributed by atoms with Crippen molar-refractivity contribution >= 4 is 0 Å². The molecule has 1 heteroatoms. The van der Waals surface area contributed by atoms with Gasteiger partial charge in [-0.3, -0.25) is 0 Å². The molecule has 2 saturated carbocycles. The van der Waals surface area contributed by atoms with Crippen molar-refractivity contribution in [2.45, 2.75) is 38.1 Å². The van der Waals surface area contributed by atoms with Crippen molar-refractivity contribution in [2.24, 2.45) is 17.8 Å². The number of nitrogens with one attached hydrogen (secondary N) is 1. The predicted octanol–water partition coefficient (Wildman–Crippen LogP) is 2.34. The fourth-order valence-corrected chi connectivity index (χ4v) is 3.06. The van der Waals surface area contributed by atoms with E-state index in [1.54, 1.807) is 0 Å². The summed E-state index contributed by atoms with van der Waals surface area (Å²) in [6, 6.07) is 0.878. The highest BCUT2D eigenvalue weighted by atomic mass is 14.9. The first kappa shape index (κ1) is 8.05. The fourth-order valence-electron chi connectivity index (χ4n) is 3.06. The summed E-state index contributed by atoms with van der Waals surface area (Å²) in [6.07, 6.45) is 12.1. The second-order valence-corrected chi connectivity index (χ2v) is 5.08. The predicted molar refractivity (Wildman–Crippen MR) is 54.5 cm³/mol. The summed E-state index contributed by atoms with van der Waals surface area (Å²) in [4.78, 5) is 0. The Labute approximate surface area is 80.6 Å². The highest BCUT2D eigenvalue weighted by Gasteiger charge is 2.35. The molecule has 0 radical (unpaired) electrons. The number of allylic oxidation sites excluding steroid dienone is 2. The zero-order chi connectivity index (χ0) is 8.67. The Balaban J connectivity index is 1.48. The Morgan fingerprint density at radius 1 is 1.15 bits per heavy atom. The van der Waals surface area contributed by atoms with E-state index in [0.29, 0.717) is 0 Å². The molecule has 0 aromatic heterocycles. The minimum atomic E-state index is 0.878. The molecule has 3 aliphatic carbocycles. The summed E-state index contributed by atoms with van der Waals surface area (Å²) < 4.78 is 0. The zero-order valence-corrected chi connectivity index (χ0v) is 8.21. The van der Waals surface area contributed by atoms with E-state index in [9.17, 15) is 0 Å². The van der Waals surface area contributed by atoms with E-state index >= 15 is 0 Å². The Morgan fingerprint density at radius 3 is 2.62 bits per heavy atom. The van der Waals surface area contributed by atoms with Crippen molar-refractivity contribution in [3.05, 3.63) is 12.2 Å². The van der Waals surface area contributed by atoms with Crippen molar-refractivity contribution in [1.29, 1.82) is 0 Å². The van der Waals surface area contributed by atoms with E-state index in [1.807, 2.05) is 0 Å². The standard InChI is InChI=1S/C12H19N/c1-2-12(3-1)13-8-11-7-9-4-5-10(11)6-9/h4-5,9-13H,1-3,6-8H2/t9-,10+,11-/m0/s1. The normalized spacial score (nSPS) is 42.6. The maximum absolute atomic E-state index is 3.71. The van der Waals surface area contributed by atoms with Crippen LogP contribution in [-0.2, 0) is 0 Å². The van der Waals surface area contributed by atoms with Crippen LogP contribution in [0.2, 0.25) is 0 Å².